The Hall–Kier alpha value is -3.24. The lowest BCUT2D eigenvalue weighted by Gasteiger charge is -2.27. The van der Waals surface area contributed by atoms with Gasteiger partial charge in [0.1, 0.15) is 10.6 Å². The van der Waals surface area contributed by atoms with Crippen LogP contribution in [0.1, 0.15) is 12.8 Å². The summed E-state index contributed by atoms with van der Waals surface area (Å²) in [5.74, 6) is 0.0336. The highest BCUT2D eigenvalue weighted by atomic mass is 32.1. The first-order valence-electron chi connectivity index (χ1n) is 11.2. The smallest absolute Gasteiger partial charge is 0.449 e. The predicted octanol–water partition coefficient (Wildman–Crippen LogP) is 3.26. The Labute approximate surface area is 197 Å². The highest BCUT2D eigenvalue weighted by molar-refractivity contribution is 7.16. The van der Waals surface area contributed by atoms with Crippen LogP contribution >= 0.6 is 11.3 Å². The summed E-state index contributed by atoms with van der Waals surface area (Å²) < 4.78 is 22.5. The summed E-state index contributed by atoms with van der Waals surface area (Å²) in [6.07, 6.45) is 2.84. The first-order valence-corrected chi connectivity index (χ1v) is 12.1. The van der Waals surface area contributed by atoms with Crippen LogP contribution in [0, 0.1) is 17.7 Å². The standard InChI is InChI=1S/C24H23FN4O4S/c1-26-7-11-4-3-5-12-8-28(9-14(11)12)20-15(25)6-13-19-17(20)18(27-2)16-10-34-23(29(16)19)22(21(13)30)33-24(31)32/h5-6,10-11,14,26H,3-4,7-9H2,1-2H3,(H,31,32). The van der Waals surface area contributed by atoms with Crippen LogP contribution in [0.3, 0.4) is 0 Å². The average molecular weight is 483 g/mol. The van der Waals surface area contributed by atoms with Crippen molar-refractivity contribution in [2.75, 3.05) is 38.6 Å². The molecule has 10 heteroatoms. The minimum Gasteiger partial charge on any atom is -0.449 e. The minimum atomic E-state index is -1.58. The van der Waals surface area contributed by atoms with Crippen molar-refractivity contribution in [2.24, 2.45) is 16.8 Å². The Kier molecular flexibility index (Phi) is 4.79. The lowest BCUT2D eigenvalue weighted by molar-refractivity contribution is 0.144. The summed E-state index contributed by atoms with van der Waals surface area (Å²) in [4.78, 5) is 31.4. The van der Waals surface area contributed by atoms with Gasteiger partial charge in [0.2, 0.25) is 11.2 Å². The fourth-order valence-corrected chi connectivity index (χ4v) is 6.95. The van der Waals surface area contributed by atoms with Gasteiger partial charge in [-0.2, -0.15) is 0 Å². The van der Waals surface area contributed by atoms with Crippen LogP contribution < -0.4 is 25.7 Å². The predicted molar refractivity (Wildman–Crippen MR) is 129 cm³/mol. The molecule has 1 saturated heterocycles. The number of hydrogen-bond acceptors (Lipinski definition) is 7. The van der Waals surface area contributed by atoms with Crippen LogP contribution in [-0.4, -0.2) is 49.4 Å². The van der Waals surface area contributed by atoms with E-state index in [9.17, 15) is 9.59 Å². The lowest BCUT2D eigenvalue weighted by atomic mass is 9.80. The molecule has 0 radical (unpaired) electrons. The number of fused-ring (bicyclic) bond motifs is 1. The molecular formula is C24H23FN4O4S. The van der Waals surface area contributed by atoms with Gasteiger partial charge in [0.05, 0.1) is 32.9 Å². The van der Waals surface area contributed by atoms with Crippen molar-refractivity contribution >= 4 is 49.8 Å². The van der Waals surface area contributed by atoms with Crippen molar-refractivity contribution in [1.82, 2.24) is 9.72 Å². The summed E-state index contributed by atoms with van der Waals surface area (Å²) in [5, 5.41) is 15.5. The summed E-state index contributed by atoms with van der Waals surface area (Å²) in [6, 6.07) is 1.22. The summed E-state index contributed by atoms with van der Waals surface area (Å²) in [7, 11) is 3.61. The van der Waals surface area contributed by atoms with Crippen LogP contribution in [0.4, 0.5) is 14.9 Å². The van der Waals surface area contributed by atoms with E-state index in [-0.39, 0.29) is 11.1 Å². The lowest BCUT2D eigenvalue weighted by Crippen LogP contribution is -2.30. The summed E-state index contributed by atoms with van der Waals surface area (Å²) in [6.45, 7) is 2.27. The zero-order valence-corrected chi connectivity index (χ0v) is 19.5. The maximum atomic E-state index is 15.8. The minimum absolute atomic E-state index is 0.0900. The van der Waals surface area contributed by atoms with Gasteiger partial charge in [0.15, 0.2) is 0 Å². The number of anilines is 1. The number of carbonyl (C=O) groups is 1. The van der Waals surface area contributed by atoms with E-state index in [4.69, 9.17) is 9.84 Å². The molecule has 0 amide bonds. The molecule has 2 N–H and O–H groups in total. The third-order valence-corrected chi connectivity index (χ3v) is 8.21. The van der Waals surface area contributed by atoms with Gasteiger partial charge in [-0.3, -0.25) is 14.2 Å². The van der Waals surface area contributed by atoms with Crippen LogP contribution in [0.25, 0.3) is 26.6 Å². The number of allylic oxidation sites excluding steroid dienone is 1. The number of nitrogens with one attached hydrogen (secondary N) is 1. The zero-order chi connectivity index (χ0) is 23.7. The normalized spacial score (nSPS) is 21.2. The molecule has 176 valence electrons. The van der Waals surface area contributed by atoms with Crippen LogP contribution in [0.5, 0.6) is 5.75 Å². The van der Waals surface area contributed by atoms with Gasteiger partial charge in [0, 0.05) is 31.4 Å². The quantitative estimate of drug-likeness (QED) is 0.343. The van der Waals surface area contributed by atoms with Crippen molar-refractivity contribution < 1.29 is 19.0 Å². The van der Waals surface area contributed by atoms with E-state index in [1.54, 1.807) is 11.4 Å². The molecule has 1 aliphatic carbocycles. The second-order valence-electron chi connectivity index (χ2n) is 9.00. The number of ether oxygens (including phenoxy) is 1. The average Bonchev–Trinajstić information content (AvgIpc) is 3.49. The van der Waals surface area contributed by atoms with Gasteiger partial charge < -0.3 is 20.1 Å². The maximum absolute atomic E-state index is 15.8. The molecule has 2 atom stereocenters. The van der Waals surface area contributed by atoms with Crippen molar-refractivity contribution in [2.45, 2.75) is 12.8 Å². The summed E-state index contributed by atoms with van der Waals surface area (Å²) >= 11 is 1.21. The topological polar surface area (TPSA) is 95.6 Å². The maximum Gasteiger partial charge on any atom is 0.511 e. The van der Waals surface area contributed by atoms with E-state index in [0.717, 1.165) is 19.4 Å². The molecule has 2 unspecified atom stereocenters. The number of aromatic nitrogens is 1. The van der Waals surface area contributed by atoms with Crippen molar-refractivity contribution in [1.29, 1.82) is 0 Å². The van der Waals surface area contributed by atoms with E-state index in [0.29, 0.717) is 57.2 Å². The van der Waals surface area contributed by atoms with E-state index in [1.165, 1.54) is 23.0 Å². The van der Waals surface area contributed by atoms with Crippen LogP contribution in [-0.2, 0) is 0 Å². The van der Waals surface area contributed by atoms with Gasteiger partial charge in [-0.25, -0.2) is 9.18 Å². The van der Waals surface area contributed by atoms with E-state index >= 15 is 4.39 Å². The molecule has 4 heterocycles. The molecule has 0 spiro atoms. The number of pyridine rings is 1. The number of nitrogens with zero attached hydrogens (tertiary/aromatic N) is 3. The van der Waals surface area contributed by atoms with Crippen molar-refractivity contribution in [3.8, 4) is 5.75 Å². The number of halogens is 1. The fraction of sp³-hybridized carbons (Fsp3) is 0.375. The highest BCUT2D eigenvalue weighted by Crippen LogP contribution is 2.43. The molecule has 8 nitrogen and oxygen atoms in total. The molecule has 3 aromatic heterocycles. The number of carboxylic acid groups (broad SMARTS) is 1. The second kappa shape index (κ2) is 7.64. The molecule has 2 aliphatic rings. The van der Waals surface area contributed by atoms with Gasteiger partial charge in [0.25, 0.3) is 0 Å². The van der Waals surface area contributed by atoms with Crippen LogP contribution in [0.15, 0.2) is 32.9 Å². The zero-order valence-electron chi connectivity index (χ0n) is 18.7. The van der Waals surface area contributed by atoms with Crippen LogP contribution in [0.2, 0.25) is 0 Å². The Balaban J connectivity index is 1.62. The van der Waals surface area contributed by atoms with E-state index < -0.39 is 17.4 Å². The largest absolute Gasteiger partial charge is 0.511 e. The molecule has 0 saturated carbocycles. The highest BCUT2D eigenvalue weighted by Gasteiger charge is 2.37. The van der Waals surface area contributed by atoms with E-state index in [1.807, 2.05) is 12.4 Å². The van der Waals surface area contributed by atoms with Gasteiger partial charge in [-0.05, 0) is 44.0 Å². The Morgan fingerprint density at radius 2 is 2.26 bits per heavy atom. The van der Waals surface area contributed by atoms with Crippen molar-refractivity contribution in [3.05, 3.63) is 44.5 Å². The molecular weight excluding hydrogens is 459 g/mol. The first-order chi connectivity index (χ1) is 16.4. The molecule has 1 fully saturated rings. The number of hydrogen-bond donors (Lipinski definition) is 2. The molecule has 1 aromatic carbocycles. The third kappa shape index (κ3) is 2.81. The monoisotopic (exact) mass is 482 g/mol. The Bertz CT molecular complexity index is 1610. The number of benzene rings is 1. The summed E-state index contributed by atoms with van der Waals surface area (Å²) in [5.41, 5.74) is 2.41. The number of rotatable bonds is 4. The van der Waals surface area contributed by atoms with Gasteiger partial charge in [-0.15, -0.1) is 11.3 Å². The van der Waals surface area contributed by atoms with Gasteiger partial charge in [-0.1, -0.05) is 6.08 Å². The second-order valence-corrected chi connectivity index (χ2v) is 9.86. The molecule has 6 rings (SSSR count). The van der Waals surface area contributed by atoms with Gasteiger partial charge >= 0.3 is 6.16 Å². The molecule has 4 aromatic rings. The van der Waals surface area contributed by atoms with Crippen molar-refractivity contribution in [3.63, 3.8) is 0 Å². The Morgan fingerprint density at radius 1 is 1.44 bits per heavy atom. The molecule has 1 aliphatic heterocycles. The molecule has 34 heavy (non-hydrogen) atoms. The third-order valence-electron chi connectivity index (χ3n) is 7.28. The number of thiazole rings is 1. The van der Waals surface area contributed by atoms with E-state index in [2.05, 4.69) is 21.3 Å². The Morgan fingerprint density at radius 3 is 3.00 bits per heavy atom. The first kappa shape index (κ1) is 21.3. The fourth-order valence-electron chi connectivity index (χ4n) is 5.97. The molecule has 0 bridgehead atoms. The SMILES string of the molecule is CN=c1c2c(N3CC4=CCCC(CNC)C4C3)c(F)cc3c(=O)c(OC(=O)O)c4scc1n4c32.